The maximum Gasteiger partial charge on any atom is 0.249 e. The van der Waals surface area contributed by atoms with Crippen molar-refractivity contribution in [2.45, 2.75) is 37.6 Å². The molecule has 10 heteroatoms. The molecule has 0 saturated heterocycles. The van der Waals surface area contributed by atoms with E-state index >= 15 is 0 Å². The maximum absolute atomic E-state index is 11.8. The van der Waals surface area contributed by atoms with Crippen molar-refractivity contribution in [1.82, 2.24) is 0 Å². The van der Waals surface area contributed by atoms with Gasteiger partial charge < -0.3 is 31.2 Å². The lowest BCUT2D eigenvalue weighted by molar-refractivity contribution is -0.167. The van der Waals surface area contributed by atoms with Crippen LogP contribution in [0.2, 0.25) is 0 Å². The Hall–Kier alpha value is -1.82. The van der Waals surface area contributed by atoms with Crippen molar-refractivity contribution in [3.63, 3.8) is 0 Å². The fraction of sp³-hybridized carbons (Fsp3) is 0.300. The third kappa shape index (κ3) is 7.15. The molecule has 0 bridgehead atoms. The van der Waals surface area contributed by atoms with Gasteiger partial charge in [0.05, 0.1) is 13.2 Å². The monoisotopic (exact) mass is 544 g/mol. The molecule has 2 rings (SSSR count). The van der Waals surface area contributed by atoms with Gasteiger partial charge in [-0.15, -0.1) is 0 Å². The van der Waals surface area contributed by atoms with Crippen LogP contribution in [0.3, 0.4) is 0 Å². The minimum absolute atomic E-state index is 0.0499. The van der Waals surface area contributed by atoms with E-state index in [1.807, 2.05) is 0 Å². The Kier molecular flexibility index (Phi) is 9.40. The summed E-state index contributed by atoms with van der Waals surface area (Å²) in [5, 5.41) is 20.9. The minimum Gasteiger partial charge on any atom is -0.387 e. The van der Waals surface area contributed by atoms with Crippen LogP contribution in [0.5, 0.6) is 0 Å². The number of halogens is 2. The molecule has 2 aromatic carbocycles. The molecular weight excluding hydrogens is 524 g/mol. The Balaban J connectivity index is 2.04. The molecule has 6 N–H and O–H groups in total. The Morgan fingerprint density at radius 1 is 0.733 bits per heavy atom. The van der Waals surface area contributed by atoms with E-state index in [1.54, 1.807) is 48.5 Å². The predicted molar refractivity (Wildman–Crippen MR) is 116 cm³/mol. The zero-order valence-corrected chi connectivity index (χ0v) is 19.0. The number of aliphatic hydroxyl groups excluding tert-OH is 2. The zero-order chi connectivity index (χ0) is 22.3. The average Bonchev–Trinajstić information content (AvgIpc) is 2.70. The predicted octanol–water partition coefficient (Wildman–Crippen LogP) is 1.37. The molecule has 0 spiro atoms. The lowest BCUT2D eigenvalue weighted by Crippen LogP contribution is -2.54. The summed E-state index contributed by atoms with van der Waals surface area (Å²) in [7, 11) is 0. The number of carbonyl (C=O) groups is 2. The van der Waals surface area contributed by atoms with E-state index in [2.05, 4.69) is 31.9 Å². The first-order chi connectivity index (χ1) is 14.2. The second-order valence-corrected chi connectivity index (χ2v) is 8.33. The van der Waals surface area contributed by atoms with Crippen LogP contribution in [0, 0.1) is 0 Å². The van der Waals surface area contributed by atoms with Gasteiger partial charge >= 0.3 is 0 Å². The molecule has 2 aromatic rings. The van der Waals surface area contributed by atoms with Gasteiger partial charge in [0.25, 0.3) is 0 Å². The summed E-state index contributed by atoms with van der Waals surface area (Å²) in [6.45, 7) is -0.0999. The van der Waals surface area contributed by atoms with Crippen molar-refractivity contribution in [3.8, 4) is 0 Å². The number of hydrogen-bond acceptors (Lipinski definition) is 6. The van der Waals surface area contributed by atoms with Gasteiger partial charge in [-0.05, 0) is 35.4 Å². The van der Waals surface area contributed by atoms with Crippen molar-refractivity contribution >= 4 is 43.7 Å². The van der Waals surface area contributed by atoms with E-state index < -0.39 is 36.2 Å². The highest BCUT2D eigenvalue weighted by atomic mass is 79.9. The van der Waals surface area contributed by atoms with Gasteiger partial charge in [-0.3, -0.25) is 9.59 Å². The van der Waals surface area contributed by atoms with Crippen LogP contribution in [0.15, 0.2) is 57.5 Å². The number of primary amides is 2. The number of benzene rings is 2. The van der Waals surface area contributed by atoms with Crippen molar-refractivity contribution in [2.24, 2.45) is 11.5 Å². The van der Waals surface area contributed by atoms with Crippen LogP contribution in [0.4, 0.5) is 0 Å². The van der Waals surface area contributed by atoms with Crippen LogP contribution < -0.4 is 11.5 Å². The van der Waals surface area contributed by atoms with Crippen LogP contribution in [-0.4, -0.2) is 46.4 Å². The van der Waals surface area contributed by atoms with E-state index in [0.29, 0.717) is 11.1 Å². The average molecular weight is 546 g/mol. The molecule has 2 amide bonds. The summed E-state index contributed by atoms with van der Waals surface area (Å²) >= 11 is 6.61. The summed E-state index contributed by atoms with van der Waals surface area (Å²) in [5.74, 6) is -2.01. The Bertz CT molecular complexity index is 776. The third-order valence-electron chi connectivity index (χ3n) is 4.22. The summed E-state index contributed by atoms with van der Waals surface area (Å²) in [4.78, 5) is 23.6. The van der Waals surface area contributed by atoms with Gasteiger partial charge in [0.2, 0.25) is 11.8 Å². The van der Waals surface area contributed by atoms with Gasteiger partial charge in [-0.2, -0.15) is 0 Å². The van der Waals surface area contributed by atoms with E-state index in [-0.39, 0.29) is 13.2 Å². The zero-order valence-electron chi connectivity index (χ0n) is 15.8. The van der Waals surface area contributed by atoms with Crippen LogP contribution in [0.1, 0.15) is 11.1 Å². The van der Waals surface area contributed by atoms with E-state index in [4.69, 9.17) is 20.9 Å². The van der Waals surface area contributed by atoms with Gasteiger partial charge in [-0.25, -0.2) is 0 Å². The van der Waals surface area contributed by atoms with Crippen LogP contribution >= 0.6 is 31.9 Å². The Labute approximate surface area is 190 Å². The van der Waals surface area contributed by atoms with Crippen LogP contribution in [0.25, 0.3) is 0 Å². The van der Waals surface area contributed by atoms with Gasteiger partial charge in [0, 0.05) is 8.95 Å². The number of hydrogen-bond donors (Lipinski definition) is 4. The molecule has 0 unspecified atom stereocenters. The molecule has 0 aliphatic heterocycles. The molecule has 0 heterocycles. The quantitative estimate of drug-likeness (QED) is 0.335. The first-order valence-corrected chi connectivity index (χ1v) is 10.4. The Morgan fingerprint density at radius 2 is 1.03 bits per heavy atom. The molecule has 8 nitrogen and oxygen atoms in total. The van der Waals surface area contributed by atoms with E-state index in [1.165, 1.54) is 0 Å². The fourth-order valence-electron chi connectivity index (χ4n) is 2.59. The highest BCUT2D eigenvalue weighted by Crippen LogP contribution is 2.17. The summed E-state index contributed by atoms with van der Waals surface area (Å²) in [6, 6.07) is 14.1. The first-order valence-electron chi connectivity index (χ1n) is 8.86. The number of aliphatic hydroxyl groups is 2. The smallest absolute Gasteiger partial charge is 0.249 e. The number of carbonyl (C=O) groups excluding carboxylic acids is 2. The number of rotatable bonds is 11. The van der Waals surface area contributed by atoms with Gasteiger partial charge in [-0.1, -0.05) is 56.1 Å². The SMILES string of the molecule is NC(=O)[C@H](OCc1ccc(Br)cc1)[C@H](O)[C@@H](O)[C@@H](OCc1ccc(Br)cc1)C(N)=O. The molecule has 0 fully saturated rings. The van der Waals surface area contributed by atoms with Crippen molar-refractivity contribution in [1.29, 1.82) is 0 Å². The fourth-order valence-corrected chi connectivity index (χ4v) is 3.12. The molecule has 0 aliphatic rings. The van der Waals surface area contributed by atoms with Crippen molar-refractivity contribution in [2.75, 3.05) is 0 Å². The second-order valence-electron chi connectivity index (χ2n) is 6.50. The summed E-state index contributed by atoms with van der Waals surface area (Å²) in [5.41, 5.74) is 12.1. The highest BCUT2D eigenvalue weighted by Gasteiger charge is 2.39. The molecule has 0 saturated carbocycles. The molecule has 0 aliphatic carbocycles. The largest absolute Gasteiger partial charge is 0.387 e. The number of nitrogens with two attached hydrogens (primary N) is 2. The van der Waals surface area contributed by atoms with E-state index in [0.717, 1.165) is 8.95 Å². The molecule has 0 aromatic heterocycles. The lowest BCUT2D eigenvalue weighted by Gasteiger charge is -2.29. The summed E-state index contributed by atoms with van der Waals surface area (Å²) in [6.07, 6.45) is -6.83. The molecular formula is C20H22Br2N2O6. The maximum atomic E-state index is 11.8. The van der Waals surface area contributed by atoms with E-state index in [9.17, 15) is 19.8 Å². The van der Waals surface area contributed by atoms with Crippen LogP contribution in [-0.2, 0) is 32.3 Å². The van der Waals surface area contributed by atoms with Crippen molar-refractivity contribution in [3.05, 3.63) is 68.6 Å². The normalized spacial score (nSPS) is 15.2. The highest BCUT2D eigenvalue weighted by molar-refractivity contribution is 9.10. The molecule has 0 radical (unpaired) electrons. The standard InChI is InChI=1S/C20H22Br2N2O6/c21-13-5-1-11(2-6-13)9-29-17(19(23)27)15(25)16(26)18(20(24)28)30-10-12-3-7-14(22)8-4-12/h1-8,15-18,25-26H,9-10H2,(H2,23,27)(H2,24,28)/t15-,16-,17-,18-/m1/s1. The topological polar surface area (TPSA) is 145 Å². The van der Waals surface area contributed by atoms with Crippen molar-refractivity contribution < 1.29 is 29.3 Å². The third-order valence-corrected chi connectivity index (χ3v) is 5.27. The molecule has 162 valence electrons. The molecule has 4 atom stereocenters. The van der Waals surface area contributed by atoms with Gasteiger partial charge in [0.15, 0.2) is 12.2 Å². The Morgan fingerprint density at radius 3 is 1.30 bits per heavy atom. The first kappa shape index (κ1) is 24.4. The number of ether oxygens (including phenoxy) is 2. The lowest BCUT2D eigenvalue weighted by atomic mass is 10.0. The minimum atomic E-state index is -1.83. The second kappa shape index (κ2) is 11.5. The number of amides is 2. The summed E-state index contributed by atoms with van der Waals surface area (Å²) < 4.78 is 12.5. The van der Waals surface area contributed by atoms with Gasteiger partial charge in [0.1, 0.15) is 12.2 Å². The molecule has 30 heavy (non-hydrogen) atoms.